The molecule has 0 amide bonds. The Morgan fingerprint density at radius 3 is 2.23 bits per heavy atom. The third-order valence-electron chi connectivity index (χ3n) is 3.82. The van der Waals surface area contributed by atoms with Gasteiger partial charge in [-0.15, -0.1) is 11.8 Å². The second-order valence-corrected chi connectivity index (χ2v) is 11.4. The van der Waals surface area contributed by atoms with Crippen LogP contribution in [-0.2, 0) is 9.53 Å². The van der Waals surface area contributed by atoms with E-state index in [1.807, 2.05) is 68.4 Å². The van der Waals surface area contributed by atoms with Crippen LogP contribution in [0.1, 0.15) is 27.7 Å². The van der Waals surface area contributed by atoms with Gasteiger partial charge >= 0.3 is 5.97 Å². The second kappa shape index (κ2) is 12.8. The van der Waals surface area contributed by atoms with Gasteiger partial charge < -0.3 is 9.47 Å². The lowest BCUT2D eigenvalue weighted by Crippen LogP contribution is -2.32. The zero-order valence-corrected chi connectivity index (χ0v) is 20.7. The van der Waals surface area contributed by atoms with Crippen molar-refractivity contribution in [2.24, 2.45) is 16.1 Å². The summed E-state index contributed by atoms with van der Waals surface area (Å²) in [7, 11) is 0. The molecule has 0 unspecified atom stereocenters. The first kappa shape index (κ1) is 25.4. The highest BCUT2D eigenvalue weighted by Gasteiger charge is 2.32. The van der Waals surface area contributed by atoms with E-state index in [4.69, 9.17) is 21.7 Å². The van der Waals surface area contributed by atoms with E-state index in [9.17, 15) is 4.79 Å². The average Bonchev–Trinajstić information content (AvgIpc) is 2.75. The Bertz CT molecular complexity index is 869. The minimum absolute atomic E-state index is 0.171. The maximum absolute atomic E-state index is 12.4. The third-order valence-corrected chi connectivity index (χ3v) is 6.94. The summed E-state index contributed by atoms with van der Waals surface area (Å²) < 4.78 is 11.1. The van der Waals surface area contributed by atoms with E-state index in [0.29, 0.717) is 11.7 Å². The summed E-state index contributed by atoms with van der Waals surface area (Å²) in [5.41, 5.74) is 1.53. The van der Waals surface area contributed by atoms with Crippen LogP contribution in [0.5, 0.6) is 5.75 Å². The van der Waals surface area contributed by atoms with Gasteiger partial charge in [0.05, 0.1) is 11.4 Å². The number of hydrogen-bond donors (Lipinski definition) is 0. The van der Waals surface area contributed by atoms with Gasteiger partial charge in [-0.05, 0) is 56.2 Å². The number of rotatable bonds is 10. The van der Waals surface area contributed by atoms with Gasteiger partial charge in [0.1, 0.15) is 27.2 Å². The summed E-state index contributed by atoms with van der Waals surface area (Å²) in [6, 6.07) is 16.8. The lowest BCUT2D eigenvalue weighted by molar-refractivity contribution is -0.146. The van der Waals surface area contributed by atoms with E-state index in [-0.39, 0.29) is 19.2 Å². The van der Waals surface area contributed by atoms with Gasteiger partial charge in [0.15, 0.2) is 0 Å². The molecule has 0 radical (unpaired) electrons. The topological polar surface area (TPSA) is 60.2 Å². The van der Waals surface area contributed by atoms with Crippen molar-refractivity contribution in [3.05, 3.63) is 54.6 Å². The van der Waals surface area contributed by atoms with Crippen LogP contribution in [0.2, 0.25) is 0 Å². The fourth-order valence-corrected chi connectivity index (χ4v) is 5.12. The van der Waals surface area contributed by atoms with E-state index < -0.39 is 4.75 Å². The average molecular weight is 477 g/mol. The predicted octanol–water partition coefficient (Wildman–Crippen LogP) is 7.21. The number of carbonyl (C=O) groups excluding carboxylic acids is 1. The number of thioether (sulfide) groups is 2. The molecular weight excluding hydrogens is 448 g/mol. The molecule has 2 aromatic carbocycles. The monoisotopic (exact) mass is 476 g/mol. The third kappa shape index (κ3) is 9.84. The Balaban J connectivity index is 1.72. The van der Waals surface area contributed by atoms with E-state index in [1.165, 1.54) is 11.8 Å². The van der Waals surface area contributed by atoms with Crippen molar-refractivity contribution >= 4 is 56.6 Å². The van der Waals surface area contributed by atoms with Crippen LogP contribution >= 0.6 is 35.7 Å². The Hall–Kier alpha value is -1.90. The summed E-state index contributed by atoms with van der Waals surface area (Å²) in [6.07, 6.45) is 0. The second-order valence-electron chi connectivity index (χ2n) is 7.58. The van der Waals surface area contributed by atoms with E-state index >= 15 is 0 Å². The van der Waals surface area contributed by atoms with Crippen LogP contribution in [0.25, 0.3) is 0 Å². The number of hydrogen-bond acceptors (Lipinski definition) is 8. The lowest BCUT2D eigenvalue weighted by Gasteiger charge is -2.22. The highest BCUT2D eigenvalue weighted by Crippen LogP contribution is 2.32. The molecule has 0 saturated carbocycles. The number of esters is 1. The number of nitrogens with zero attached hydrogens (tertiary/aromatic N) is 2. The number of thiocarbonyl (C=S) groups is 1. The molecule has 2 aromatic rings. The molecule has 0 aromatic heterocycles. The summed E-state index contributed by atoms with van der Waals surface area (Å²) in [5, 5.41) is 8.37. The van der Waals surface area contributed by atoms with Gasteiger partial charge in [0, 0.05) is 5.75 Å². The molecule has 0 fully saturated rings. The summed E-state index contributed by atoms with van der Waals surface area (Å²) in [4.78, 5) is 12.4. The van der Waals surface area contributed by atoms with Gasteiger partial charge in [-0.2, -0.15) is 10.2 Å². The zero-order chi connectivity index (χ0) is 22.7. The van der Waals surface area contributed by atoms with Gasteiger partial charge in [-0.1, -0.05) is 56.0 Å². The number of carbonyl (C=O) groups is 1. The maximum Gasteiger partial charge on any atom is 0.322 e. The summed E-state index contributed by atoms with van der Waals surface area (Å²) in [5.74, 6) is 1.87. The molecule has 0 aliphatic carbocycles. The van der Waals surface area contributed by atoms with Crippen molar-refractivity contribution in [2.45, 2.75) is 32.4 Å². The normalized spacial score (nSPS) is 11.6. The van der Waals surface area contributed by atoms with Crippen molar-refractivity contribution in [3.8, 4) is 5.75 Å². The van der Waals surface area contributed by atoms with Crippen LogP contribution in [0.4, 0.5) is 11.4 Å². The first-order valence-electron chi connectivity index (χ1n) is 9.99. The van der Waals surface area contributed by atoms with E-state index in [0.717, 1.165) is 20.7 Å². The minimum Gasteiger partial charge on any atom is -0.490 e. The molecule has 5 nitrogen and oxygen atoms in total. The van der Waals surface area contributed by atoms with Gasteiger partial charge in [-0.25, -0.2) is 0 Å². The quantitative estimate of drug-likeness (QED) is 0.156. The van der Waals surface area contributed by atoms with Gasteiger partial charge in [-0.3, -0.25) is 4.79 Å². The van der Waals surface area contributed by atoms with Crippen molar-refractivity contribution in [2.75, 3.05) is 19.0 Å². The molecule has 2 rings (SSSR count). The van der Waals surface area contributed by atoms with Gasteiger partial charge in [0.25, 0.3) is 0 Å². The van der Waals surface area contributed by atoms with Crippen molar-refractivity contribution in [1.82, 2.24) is 0 Å². The fraction of sp³-hybridized carbons (Fsp3) is 0.391. The van der Waals surface area contributed by atoms with Crippen LogP contribution in [-0.4, -0.2) is 33.2 Å². The molecule has 8 heteroatoms. The van der Waals surface area contributed by atoms with E-state index in [2.05, 4.69) is 24.1 Å². The molecule has 0 heterocycles. The first-order valence-corrected chi connectivity index (χ1v) is 12.2. The molecular formula is C23H28N2O3S3. The highest BCUT2D eigenvalue weighted by molar-refractivity contribution is 8.47. The highest BCUT2D eigenvalue weighted by atomic mass is 32.2. The predicted molar refractivity (Wildman–Crippen MR) is 135 cm³/mol. The number of azo groups is 1. The first-order chi connectivity index (χ1) is 14.8. The lowest BCUT2D eigenvalue weighted by atomic mass is 10.2. The van der Waals surface area contributed by atoms with Crippen molar-refractivity contribution < 1.29 is 14.3 Å². The van der Waals surface area contributed by atoms with Gasteiger partial charge in [0.2, 0.25) is 0 Å². The Kier molecular flexibility index (Phi) is 10.5. The summed E-state index contributed by atoms with van der Waals surface area (Å²) >= 11 is 8.35. The van der Waals surface area contributed by atoms with E-state index in [1.54, 1.807) is 11.8 Å². The zero-order valence-electron chi connectivity index (χ0n) is 18.2. The maximum atomic E-state index is 12.4. The Morgan fingerprint density at radius 1 is 1.00 bits per heavy atom. The number of ether oxygens (including phenoxy) is 2. The molecule has 0 aliphatic heterocycles. The van der Waals surface area contributed by atoms with Crippen LogP contribution in [0.3, 0.4) is 0 Å². The Labute approximate surface area is 198 Å². The molecule has 0 bridgehead atoms. The number of benzene rings is 2. The largest absolute Gasteiger partial charge is 0.490 e. The van der Waals surface area contributed by atoms with Crippen molar-refractivity contribution in [1.29, 1.82) is 0 Å². The summed E-state index contributed by atoms with van der Waals surface area (Å²) in [6.45, 7) is 8.37. The molecule has 0 N–H and O–H groups in total. The van der Waals surface area contributed by atoms with Crippen LogP contribution < -0.4 is 4.74 Å². The SMILES string of the molecule is CC(C)CSC(=S)SC(C)(C)C(=O)OCCOc1ccc(N=Nc2ccccc2)cc1. The molecule has 0 atom stereocenters. The van der Waals surface area contributed by atoms with Crippen LogP contribution in [0, 0.1) is 5.92 Å². The molecule has 0 aliphatic rings. The molecule has 0 spiro atoms. The standard InChI is InChI=1S/C23H28N2O3S3/c1-17(2)16-30-22(29)31-23(3,4)21(26)28-15-14-27-20-12-10-19(11-13-20)25-24-18-8-6-5-7-9-18/h5-13,17H,14-16H2,1-4H3. The smallest absolute Gasteiger partial charge is 0.322 e. The van der Waals surface area contributed by atoms with Crippen LogP contribution in [0.15, 0.2) is 64.8 Å². The fourth-order valence-electron chi connectivity index (χ4n) is 2.20. The van der Waals surface area contributed by atoms with Crippen molar-refractivity contribution in [3.63, 3.8) is 0 Å². The Morgan fingerprint density at radius 2 is 1.61 bits per heavy atom. The molecule has 31 heavy (non-hydrogen) atoms. The molecule has 0 saturated heterocycles. The molecule has 166 valence electrons. The minimum atomic E-state index is -0.730.